The Hall–Kier alpha value is -2.78. The molecule has 2 aromatic carbocycles. The molecule has 4 aromatic rings. The second kappa shape index (κ2) is 11.1. The molecule has 0 saturated heterocycles. The van der Waals surface area contributed by atoms with Gasteiger partial charge in [0.05, 0.1) is 22.5 Å². The average Bonchev–Trinajstić information content (AvgIpc) is 2.81. The minimum atomic E-state index is -0.154. The highest BCUT2D eigenvalue weighted by atomic mass is 35.5. The Balaban J connectivity index is 1.78. The molecule has 4 rings (SSSR count). The van der Waals surface area contributed by atoms with Gasteiger partial charge in [-0.15, -0.1) is 0 Å². The third kappa shape index (κ3) is 5.78. The van der Waals surface area contributed by atoms with Gasteiger partial charge in [-0.3, -0.25) is 9.59 Å². The van der Waals surface area contributed by atoms with Crippen LogP contribution in [-0.2, 0) is 0 Å². The van der Waals surface area contributed by atoms with E-state index in [0.717, 1.165) is 11.1 Å². The number of hydrogen-bond donors (Lipinski definition) is 0. The van der Waals surface area contributed by atoms with Crippen LogP contribution >= 0.6 is 44.8 Å². The molecule has 0 unspecified atom stereocenters. The normalized spacial score (nSPS) is 10.9. The van der Waals surface area contributed by atoms with E-state index in [4.69, 9.17) is 23.2 Å². The fourth-order valence-corrected chi connectivity index (χ4v) is 6.35. The number of aromatic nitrogens is 4. The highest BCUT2D eigenvalue weighted by Gasteiger charge is 2.21. The van der Waals surface area contributed by atoms with Gasteiger partial charge in [0.1, 0.15) is 10.1 Å². The van der Waals surface area contributed by atoms with E-state index in [9.17, 15) is 9.59 Å². The summed E-state index contributed by atoms with van der Waals surface area (Å²) in [6.07, 6.45) is 0. The number of halogens is 2. The number of carbonyl (C=O) groups is 2. The molecule has 2 heterocycles. The van der Waals surface area contributed by atoms with Gasteiger partial charge in [-0.05, 0) is 73.5 Å². The summed E-state index contributed by atoms with van der Waals surface area (Å²) in [5.41, 5.74) is 3.42. The zero-order valence-corrected chi connectivity index (χ0v) is 22.9. The van der Waals surface area contributed by atoms with Gasteiger partial charge in [0.25, 0.3) is 0 Å². The second-order valence-corrected chi connectivity index (χ2v) is 10.9. The molecule has 0 amide bonds. The smallest absolute Gasteiger partial charge is 0.164 e. The van der Waals surface area contributed by atoms with E-state index in [1.807, 2.05) is 24.3 Å². The van der Waals surface area contributed by atoms with Crippen molar-refractivity contribution < 1.29 is 9.59 Å². The number of aryl methyl sites for hydroxylation is 2. The maximum Gasteiger partial charge on any atom is 0.164 e. The molecule has 0 spiro atoms. The molecule has 0 fully saturated rings. The Kier molecular flexibility index (Phi) is 8.10. The van der Waals surface area contributed by atoms with Gasteiger partial charge in [0.15, 0.2) is 23.2 Å². The lowest BCUT2D eigenvalue weighted by molar-refractivity contribution is 0.1000. The van der Waals surface area contributed by atoms with Crippen LogP contribution in [0.5, 0.6) is 0 Å². The Morgan fingerprint density at radius 3 is 1.39 bits per heavy atom. The molecule has 0 radical (unpaired) electrons. The first-order valence-electron chi connectivity index (χ1n) is 10.8. The number of nitrogens with zero attached hydrogens (tertiary/aromatic N) is 4. The van der Waals surface area contributed by atoms with Crippen LogP contribution in [0.2, 0.25) is 10.0 Å². The highest BCUT2D eigenvalue weighted by Crippen LogP contribution is 2.41. The fourth-order valence-electron chi connectivity index (χ4n) is 3.62. The first-order valence-corrected chi connectivity index (χ1v) is 13.7. The van der Waals surface area contributed by atoms with Crippen molar-refractivity contribution in [3.8, 4) is 22.8 Å². The minimum absolute atomic E-state index is 0.154. The third-order valence-corrected chi connectivity index (χ3v) is 7.84. The molecule has 6 nitrogen and oxygen atoms in total. The topological polar surface area (TPSA) is 85.7 Å². The SMILES string of the molecule is CC(=O)c1c(C)nc(-c2cccc(Cl)c2)nc1SSc1nc(-c2cccc(Cl)c2)nc(C)c1C(C)=O. The van der Waals surface area contributed by atoms with E-state index in [0.29, 0.717) is 54.3 Å². The maximum atomic E-state index is 12.5. The number of ketones is 2. The molecule has 0 N–H and O–H groups in total. The summed E-state index contributed by atoms with van der Waals surface area (Å²) in [6, 6.07) is 14.4. The molecule has 0 aliphatic heterocycles. The number of benzene rings is 2. The zero-order valence-electron chi connectivity index (χ0n) is 19.8. The predicted octanol–water partition coefficient (Wildman–Crippen LogP) is 7.73. The monoisotopic (exact) mass is 554 g/mol. The van der Waals surface area contributed by atoms with Crippen LogP contribution in [0.1, 0.15) is 46.0 Å². The van der Waals surface area contributed by atoms with Crippen LogP contribution < -0.4 is 0 Å². The van der Waals surface area contributed by atoms with Crippen LogP contribution in [0.4, 0.5) is 0 Å². The third-order valence-electron chi connectivity index (χ3n) is 5.18. The lowest BCUT2D eigenvalue weighted by atomic mass is 10.1. The van der Waals surface area contributed by atoms with Gasteiger partial charge >= 0.3 is 0 Å². The summed E-state index contributed by atoms with van der Waals surface area (Å²) in [5, 5.41) is 2.07. The van der Waals surface area contributed by atoms with E-state index in [2.05, 4.69) is 19.9 Å². The van der Waals surface area contributed by atoms with Crippen LogP contribution in [0, 0.1) is 13.8 Å². The summed E-state index contributed by atoms with van der Waals surface area (Å²) >= 11 is 12.3. The summed E-state index contributed by atoms with van der Waals surface area (Å²) in [4.78, 5) is 43.4. The first-order chi connectivity index (χ1) is 17.1. The molecular formula is C26H20Cl2N4O2S2. The van der Waals surface area contributed by atoms with Gasteiger partial charge in [-0.2, -0.15) is 0 Å². The number of rotatable bonds is 7. The highest BCUT2D eigenvalue weighted by molar-refractivity contribution is 8.76. The van der Waals surface area contributed by atoms with Crippen molar-refractivity contribution in [2.45, 2.75) is 37.7 Å². The molecule has 0 aliphatic rings. The molecule has 0 bridgehead atoms. The molecule has 0 aliphatic carbocycles. The van der Waals surface area contributed by atoms with E-state index < -0.39 is 0 Å². The van der Waals surface area contributed by atoms with Crippen molar-refractivity contribution >= 4 is 56.4 Å². The van der Waals surface area contributed by atoms with Crippen LogP contribution in [0.15, 0.2) is 58.6 Å². The van der Waals surface area contributed by atoms with Crippen molar-refractivity contribution in [2.75, 3.05) is 0 Å². The van der Waals surface area contributed by atoms with Crippen LogP contribution in [0.25, 0.3) is 22.8 Å². The number of carbonyl (C=O) groups excluding carboxylic acids is 2. The number of hydrogen-bond acceptors (Lipinski definition) is 8. The fraction of sp³-hybridized carbons (Fsp3) is 0.154. The van der Waals surface area contributed by atoms with Gasteiger partial charge in [0.2, 0.25) is 0 Å². The standard InChI is InChI=1S/C26H20Cl2N4O2S2/c1-13-21(15(3)33)25(31-23(29-13)17-7-5-9-19(27)11-17)35-36-26-22(16(4)34)14(2)30-24(32-26)18-8-6-10-20(28)12-18/h5-12H,1-4H3. The van der Waals surface area contributed by atoms with E-state index in [1.54, 1.807) is 38.1 Å². The van der Waals surface area contributed by atoms with Gasteiger partial charge in [-0.25, -0.2) is 19.9 Å². The summed E-state index contributed by atoms with van der Waals surface area (Å²) in [5.74, 6) is 0.596. The lowest BCUT2D eigenvalue weighted by Crippen LogP contribution is -2.07. The molecule has 0 atom stereocenters. The summed E-state index contributed by atoms with van der Waals surface area (Å²) in [6.45, 7) is 6.50. The van der Waals surface area contributed by atoms with Crippen molar-refractivity contribution in [1.29, 1.82) is 0 Å². The largest absolute Gasteiger partial charge is 0.294 e. The maximum absolute atomic E-state index is 12.5. The second-order valence-electron chi connectivity index (χ2n) is 7.93. The lowest BCUT2D eigenvalue weighted by Gasteiger charge is -2.13. The van der Waals surface area contributed by atoms with Crippen LogP contribution in [0.3, 0.4) is 0 Å². The van der Waals surface area contributed by atoms with E-state index in [1.165, 1.54) is 35.4 Å². The Morgan fingerprint density at radius 1 is 0.667 bits per heavy atom. The quantitative estimate of drug-likeness (QED) is 0.130. The van der Waals surface area contributed by atoms with Crippen molar-refractivity contribution in [2.24, 2.45) is 0 Å². The van der Waals surface area contributed by atoms with Crippen molar-refractivity contribution in [3.63, 3.8) is 0 Å². The molecule has 2 aromatic heterocycles. The van der Waals surface area contributed by atoms with Crippen LogP contribution in [-0.4, -0.2) is 31.5 Å². The molecular weight excluding hydrogens is 535 g/mol. The van der Waals surface area contributed by atoms with Crippen molar-refractivity contribution in [3.05, 3.63) is 81.1 Å². The average molecular weight is 556 g/mol. The zero-order chi connectivity index (χ0) is 26.0. The Bertz CT molecular complexity index is 1400. The van der Waals surface area contributed by atoms with Gasteiger partial charge in [-0.1, -0.05) is 47.5 Å². The molecule has 0 saturated carbocycles. The van der Waals surface area contributed by atoms with Gasteiger partial charge < -0.3 is 0 Å². The Labute approximate surface area is 226 Å². The molecule has 36 heavy (non-hydrogen) atoms. The predicted molar refractivity (Wildman–Crippen MR) is 146 cm³/mol. The van der Waals surface area contributed by atoms with E-state index >= 15 is 0 Å². The molecule has 10 heteroatoms. The minimum Gasteiger partial charge on any atom is -0.294 e. The summed E-state index contributed by atoms with van der Waals surface area (Å²) < 4.78 is 0. The van der Waals surface area contributed by atoms with Crippen molar-refractivity contribution in [1.82, 2.24) is 19.9 Å². The number of Topliss-reactive ketones (excluding diaryl/α,β-unsaturated/α-hetero) is 2. The van der Waals surface area contributed by atoms with E-state index in [-0.39, 0.29) is 11.6 Å². The summed E-state index contributed by atoms with van der Waals surface area (Å²) in [7, 11) is 2.49. The van der Waals surface area contributed by atoms with Gasteiger partial charge in [0, 0.05) is 21.2 Å². The first kappa shape index (κ1) is 26.3. The molecule has 182 valence electrons. The Morgan fingerprint density at radius 2 is 1.06 bits per heavy atom.